The maximum Gasteiger partial charge on any atom is 0.460 e. The summed E-state index contributed by atoms with van der Waals surface area (Å²) in [6, 6.07) is 0. The first-order valence-corrected chi connectivity index (χ1v) is 6.22. The number of hydrogen-bond donors (Lipinski definition) is 1. The first-order chi connectivity index (χ1) is 11.8. The number of alkyl halides is 17. The van der Waals surface area contributed by atoms with Crippen molar-refractivity contribution in [3.63, 3.8) is 0 Å². The van der Waals surface area contributed by atoms with Crippen LogP contribution in [0.5, 0.6) is 0 Å². The van der Waals surface area contributed by atoms with E-state index in [1.165, 1.54) is 0 Å². The Morgan fingerprint density at radius 2 is 0.655 bits per heavy atom. The van der Waals surface area contributed by atoms with Crippen molar-refractivity contribution in [1.82, 2.24) is 0 Å². The fourth-order valence-corrected chi connectivity index (χ4v) is 1.53. The summed E-state index contributed by atoms with van der Waals surface area (Å²) in [5.41, 5.74) is 4.29. The van der Waals surface area contributed by atoms with Crippen molar-refractivity contribution in [2.75, 3.05) is 6.54 Å². The summed E-state index contributed by atoms with van der Waals surface area (Å²) in [4.78, 5) is 0. The molecule has 0 atom stereocenters. The molecule has 29 heavy (non-hydrogen) atoms. The third-order valence-electron chi connectivity index (χ3n) is 3.25. The van der Waals surface area contributed by atoms with Gasteiger partial charge in [0.1, 0.15) is 0 Å². The van der Waals surface area contributed by atoms with Gasteiger partial charge in [-0.25, -0.2) is 0 Å². The summed E-state index contributed by atoms with van der Waals surface area (Å²) in [6.07, 6.45) is -10.4. The second kappa shape index (κ2) is 7.64. The van der Waals surface area contributed by atoms with Gasteiger partial charge in [0.25, 0.3) is 0 Å². The van der Waals surface area contributed by atoms with Crippen LogP contribution in [0.25, 0.3) is 0 Å². The number of nitrogens with two attached hydrogens (primary N) is 1. The number of rotatable bonds is 8. The van der Waals surface area contributed by atoms with Crippen LogP contribution in [0.1, 0.15) is 6.42 Å². The van der Waals surface area contributed by atoms with Gasteiger partial charge in [0, 0.05) is 6.42 Å². The highest BCUT2D eigenvalue weighted by Gasteiger charge is 2.95. The lowest BCUT2D eigenvalue weighted by Gasteiger charge is -2.42. The van der Waals surface area contributed by atoms with Crippen molar-refractivity contribution in [2.45, 2.75) is 54.1 Å². The molecule has 19 heteroatoms. The van der Waals surface area contributed by atoms with Gasteiger partial charge in [0.05, 0.1) is 0 Å². The maximum atomic E-state index is 13.1. The van der Waals surface area contributed by atoms with Gasteiger partial charge in [0.15, 0.2) is 0 Å². The summed E-state index contributed by atoms with van der Waals surface area (Å²) < 4.78 is 217. The van der Waals surface area contributed by atoms with Crippen LogP contribution in [-0.2, 0) is 0 Å². The van der Waals surface area contributed by atoms with E-state index in [2.05, 4.69) is 5.73 Å². The minimum Gasteiger partial charge on any atom is -0.330 e. The first kappa shape index (κ1) is 30.3. The van der Waals surface area contributed by atoms with Crippen molar-refractivity contribution < 1.29 is 74.6 Å². The predicted octanol–water partition coefficient (Wildman–Crippen LogP) is 5.77. The molecule has 0 aromatic rings. The largest absolute Gasteiger partial charge is 0.460 e. The van der Waals surface area contributed by atoms with Crippen LogP contribution in [0, 0.1) is 0 Å². The van der Waals surface area contributed by atoms with E-state index in [9.17, 15) is 74.6 Å². The van der Waals surface area contributed by atoms with Gasteiger partial charge in [-0.1, -0.05) is 0 Å². The lowest BCUT2D eigenvalue weighted by Crippen LogP contribution is -2.74. The van der Waals surface area contributed by atoms with E-state index in [4.69, 9.17) is 0 Å². The van der Waals surface area contributed by atoms with E-state index in [0.29, 0.717) is 0 Å². The van der Waals surface area contributed by atoms with Crippen LogP contribution in [0.15, 0.2) is 0 Å². The van der Waals surface area contributed by atoms with Gasteiger partial charge in [-0.3, -0.25) is 0 Å². The van der Waals surface area contributed by atoms with E-state index >= 15 is 0 Å². The quantitative estimate of drug-likeness (QED) is 0.422. The molecular weight excluding hydrogens is 493 g/mol. The van der Waals surface area contributed by atoms with Crippen LogP contribution >= 0.6 is 12.4 Å². The average molecular weight is 500 g/mol. The molecule has 0 unspecified atom stereocenters. The van der Waals surface area contributed by atoms with E-state index in [1.807, 2.05) is 0 Å². The molecule has 0 rings (SSSR count). The summed E-state index contributed by atoms with van der Waals surface area (Å²) in [6.45, 7) is -1.66. The van der Waals surface area contributed by atoms with Gasteiger partial charge < -0.3 is 5.73 Å². The highest BCUT2D eigenvalue weighted by Crippen LogP contribution is 2.64. The van der Waals surface area contributed by atoms with Crippen molar-refractivity contribution in [3.05, 3.63) is 0 Å². The summed E-state index contributed by atoms with van der Waals surface area (Å²) in [5.74, 6) is -56.0. The maximum absolute atomic E-state index is 13.1. The molecule has 0 aliphatic rings. The minimum absolute atomic E-state index is 0. The highest BCUT2D eigenvalue weighted by atomic mass is 35.5. The Morgan fingerprint density at radius 1 is 0.414 bits per heavy atom. The molecule has 0 bridgehead atoms. The normalized spacial score (nSPS) is 15.9. The number of halogens is 18. The molecule has 0 saturated heterocycles. The molecule has 1 nitrogen and oxygen atoms in total. The van der Waals surface area contributed by atoms with Gasteiger partial charge >= 0.3 is 47.6 Å². The van der Waals surface area contributed by atoms with Crippen LogP contribution < -0.4 is 5.73 Å². The predicted molar refractivity (Wildman–Crippen MR) is 61.6 cm³/mol. The number of hydrogen-bond acceptors (Lipinski definition) is 1. The second-order valence-corrected chi connectivity index (χ2v) is 5.19. The standard InChI is InChI=1S/C10H6F17N.ClH/c11-3(12,1-2-28)4(13,14)5(15,16)6(17,18)7(19,20)8(21,22)9(23,24)10(25,26)27;/h1-2,28H2;1H. The molecule has 0 spiro atoms. The molecule has 0 fully saturated rings. The van der Waals surface area contributed by atoms with Crippen molar-refractivity contribution >= 4 is 12.4 Å². The Bertz CT molecular complexity index is 565. The minimum atomic E-state index is -8.59. The Kier molecular flexibility index (Phi) is 7.97. The molecule has 0 amide bonds. The van der Waals surface area contributed by atoms with Gasteiger partial charge in [-0.2, -0.15) is 74.6 Å². The summed E-state index contributed by atoms with van der Waals surface area (Å²) >= 11 is 0. The monoisotopic (exact) mass is 499 g/mol. The fraction of sp³-hybridized carbons (Fsp3) is 1.00. The highest BCUT2D eigenvalue weighted by molar-refractivity contribution is 5.85. The molecule has 0 saturated carbocycles. The SMILES string of the molecule is Cl.NCCC(F)(F)C(F)(F)C(F)(F)C(F)(F)C(F)(F)C(F)(F)C(F)(F)C(F)(F)F. The Balaban J connectivity index is 0. The van der Waals surface area contributed by atoms with E-state index < -0.39 is 60.6 Å². The molecular formula is C10H7ClF17N. The van der Waals surface area contributed by atoms with E-state index in [1.54, 1.807) is 0 Å². The Labute approximate surface area is 154 Å². The van der Waals surface area contributed by atoms with Gasteiger partial charge in [-0.15, -0.1) is 12.4 Å². The fourth-order valence-electron chi connectivity index (χ4n) is 1.53. The van der Waals surface area contributed by atoms with Crippen LogP contribution in [-0.4, -0.2) is 54.2 Å². The lowest BCUT2D eigenvalue weighted by molar-refractivity contribution is -0.461. The molecule has 0 radical (unpaired) electrons. The van der Waals surface area contributed by atoms with Crippen LogP contribution in [0.4, 0.5) is 74.6 Å². The van der Waals surface area contributed by atoms with E-state index in [0.717, 1.165) is 0 Å². The molecule has 0 aliphatic heterocycles. The zero-order chi connectivity index (χ0) is 23.4. The topological polar surface area (TPSA) is 26.0 Å². The van der Waals surface area contributed by atoms with Gasteiger partial charge in [-0.05, 0) is 6.54 Å². The Morgan fingerprint density at radius 3 is 0.897 bits per heavy atom. The van der Waals surface area contributed by atoms with Crippen LogP contribution in [0.2, 0.25) is 0 Å². The second-order valence-electron chi connectivity index (χ2n) is 5.19. The zero-order valence-electron chi connectivity index (χ0n) is 12.8. The molecule has 0 aromatic carbocycles. The molecule has 2 N–H and O–H groups in total. The van der Waals surface area contributed by atoms with Crippen molar-refractivity contribution in [2.24, 2.45) is 5.73 Å². The molecule has 0 aromatic heterocycles. The third kappa shape index (κ3) is 3.89. The van der Waals surface area contributed by atoms with Crippen molar-refractivity contribution in [1.29, 1.82) is 0 Å². The molecule has 178 valence electrons. The summed E-state index contributed by atoms with van der Waals surface area (Å²) in [5, 5.41) is 0. The van der Waals surface area contributed by atoms with Crippen molar-refractivity contribution in [3.8, 4) is 0 Å². The third-order valence-corrected chi connectivity index (χ3v) is 3.25. The molecule has 0 aliphatic carbocycles. The van der Waals surface area contributed by atoms with Crippen LogP contribution in [0.3, 0.4) is 0 Å². The van der Waals surface area contributed by atoms with E-state index in [-0.39, 0.29) is 12.4 Å². The smallest absolute Gasteiger partial charge is 0.330 e. The summed E-state index contributed by atoms with van der Waals surface area (Å²) in [7, 11) is 0. The lowest BCUT2D eigenvalue weighted by atomic mass is 9.88. The molecule has 0 heterocycles. The van der Waals surface area contributed by atoms with Gasteiger partial charge in [0.2, 0.25) is 0 Å². The average Bonchev–Trinajstić information content (AvgIpc) is 2.44. The first-order valence-electron chi connectivity index (χ1n) is 6.22. The Hall–Kier alpha value is -0.940. The zero-order valence-corrected chi connectivity index (χ0v) is 13.6.